The minimum absolute atomic E-state index is 0.0906. The molecule has 0 amide bonds. The Kier molecular flexibility index (Phi) is 5.81. The summed E-state index contributed by atoms with van der Waals surface area (Å²) in [6, 6.07) is 2.33. The van der Waals surface area contributed by atoms with Crippen LogP contribution in [0.5, 0.6) is 0 Å². The third-order valence-corrected chi connectivity index (χ3v) is 8.74. The highest BCUT2D eigenvalue weighted by molar-refractivity contribution is 5.97. The molecule has 0 radical (unpaired) electrons. The van der Waals surface area contributed by atoms with Crippen molar-refractivity contribution in [2.45, 2.75) is 84.5 Å². The molecule has 0 aliphatic heterocycles. The molecule has 166 valence electrons. The third kappa shape index (κ3) is 3.62. The van der Waals surface area contributed by atoms with Gasteiger partial charge in [0, 0.05) is 12.8 Å². The van der Waals surface area contributed by atoms with E-state index in [0.29, 0.717) is 24.7 Å². The van der Waals surface area contributed by atoms with Crippen LogP contribution in [0, 0.1) is 34.0 Å². The molecule has 2 fully saturated rings. The van der Waals surface area contributed by atoms with Crippen molar-refractivity contribution in [2.24, 2.45) is 27.8 Å². The monoisotopic (exact) mass is 424 g/mol. The van der Waals surface area contributed by atoms with Gasteiger partial charge in [0.1, 0.15) is 0 Å². The number of carboxylic acid groups (broad SMARTS) is 1. The van der Waals surface area contributed by atoms with Gasteiger partial charge in [0.05, 0.1) is 18.2 Å². The van der Waals surface area contributed by atoms with Gasteiger partial charge in [0.15, 0.2) is 0 Å². The fraction of sp³-hybridized carbons (Fsp3) is 0.680. The molecule has 0 aromatic carbocycles. The van der Waals surface area contributed by atoms with Gasteiger partial charge in [0.2, 0.25) is 0 Å². The van der Waals surface area contributed by atoms with Gasteiger partial charge in [-0.05, 0) is 91.3 Å². The highest BCUT2D eigenvalue weighted by Crippen LogP contribution is 2.68. The predicted octanol–water partition coefficient (Wildman–Crippen LogP) is 5.31. The molecule has 4 atom stereocenters. The Morgan fingerprint density at radius 3 is 2.77 bits per heavy atom. The largest absolute Gasteiger partial charge is 0.481 e. The smallest absolute Gasteiger partial charge is 0.334 e. The zero-order valence-corrected chi connectivity index (χ0v) is 18.6. The molecule has 0 unspecified atom stereocenters. The van der Waals surface area contributed by atoms with Gasteiger partial charge in [-0.15, -0.1) is 0 Å². The van der Waals surface area contributed by atoms with Gasteiger partial charge in [0.25, 0.3) is 0 Å². The molecule has 0 heterocycles. The van der Waals surface area contributed by atoms with Gasteiger partial charge < -0.3 is 9.94 Å². The first-order chi connectivity index (χ1) is 14.8. The second-order valence-corrected chi connectivity index (χ2v) is 9.97. The van der Waals surface area contributed by atoms with E-state index in [2.05, 4.69) is 24.2 Å². The number of carbonyl (C=O) groups is 2. The zero-order valence-electron chi connectivity index (χ0n) is 18.6. The molecule has 2 saturated carbocycles. The molecule has 0 aromatic heterocycles. The highest BCUT2D eigenvalue weighted by Gasteiger charge is 2.61. The fourth-order valence-corrected chi connectivity index (χ4v) is 7.10. The SMILES string of the molecule is CCC(=O)O/N=C1/C=C2CC[C@@H]3C(=C2CC1)CC[C@@]1(C)[C@H]3CC[C@]1(CC#N)CC(=O)O. The number of carbonyl (C=O) groups excluding carboxylic acids is 1. The van der Waals surface area contributed by atoms with Crippen molar-refractivity contribution in [2.75, 3.05) is 0 Å². The Labute approximate surface area is 184 Å². The van der Waals surface area contributed by atoms with Crippen molar-refractivity contribution in [1.29, 1.82) is 5.26 Å². The summed E-state index contributed by atoms with van der Waals surface area (Å²) in [6.07, 6.45) is 10.5. The number of oxime groups is 1. The number of hydrogen-bond acceptors (Lipinski definition) is 5. The van der Waals surface area contributed by atoms with E-state index in [4.69, 9.17) is 4.84 Å². The van der Waals surface area contributed by atoms with Gasteiger partial charge >= 0.3 is 11.9 Å². The number of hydrogen-bond donors (Lipinski definition) is 1. The van der Waals surface area contributed by atoms with Crippen molar-refractivity contribution in [3.63, 3.8) is 0 Å². The summed E-state index contributed by atoms with van der Waals surface area (Å²) in [6.45, 7) is 4.03. The lowest BCUT2D eigenvalue weighted by molar-refractivity contribution is -0.144. The lowest BCUT2D eigenvalue weighted by atomic mass is 9.51. The van der Waals surface area contributed by atoms with E-state index >= 15 is 0 Å². The van der Waals surface area contributed by atoms with Gasteiger partial charge in [-0.1, -0.05) is 24.6 Å². The summed E-state index contributed by atoms with van der Waals surface area (Å²) >= 11 is 0. The highest BCUT2D eigenvalue weighted by atomic mass is 16.7. The maximum atomic E-state index is 11.7. The number of fused-ring (bicyclic) bond motifs is 4. The Morgan fingerprint density at radius 2 is 2.06 bits per heavy atom. The second kappa shape index (κ2) is 8.26. The molecule has 0 saturated heterocycles. The summed E-state index contributed by atoms with van der Waals surface area (Å²) in [5, 5.41) is 23.2. The van der Waals surface area contributed by atoms with Crippen molar-refractivity contribution >= 4 is 17.7 Å². The Bertz CT molecular complexity index is 924. The van der Waals surface area contributed by atoms with Crippen LogP contribution in [0.15, 0.2) is 28.0 Å². The maximum absolute atomic E-state index is 11.7. The van der Waals surface area contributed by atoms with E-state index in [1.165, 1.54) is 11.1 Å². The standard InChI is InChI=1S/C25H32N2O4/c1-3-23(30)31-27-17-5-7-18-16(14-17)4-6-20-19(18)8-10-24(2)21(20)9-11-25(24,12-13-26)15-22(28)29/h14,20-21H,3-12,15H2,1-2H3,(H,28,29)/b27-17+/t20-,21+,24+,25+/m1/s1. The van der Waals surface area contributed by atoms with Crippen LogP contribution in [0.4, 0.5) is 0 Å². The van der Waals surface area contributed by atoms with Gasteiger partial charge in [-0.25, -0.2) is 4.79 Å². The van der Waals surface area contributed by atoms with Crippen LogP contribution in [0.1, 0.15) is 84.5 Å². The van der Waals surface area contributed by atoms with Crippen molar-refractivity contribution in [3.05, 3.63) is 22.8 Å². The number of carboxylic acids is 1. The van der Waals surface area contributed by atoms with E-state index in [1.54, 1.807) is 12.5 Å². The summed E-state index contributed by atoms with van der Waals surface area (Å²) in [5.74, 6) is -0.137. The number of rotatable bonds is 5. The molecule has 0 spiro atoms. The average molecular weight is 425 g/mol. The van der Waals surface area contributed by atoms with Gasteiger partial charge in [-0.3, -0.25) is 4.79 Å². The maximum Gasteiger partial charge on any atom is 0.334 e. The van der Waals surface area contributed by atoms with Crippen molar-refractivity contribution in [1.82, 2.24) is 0 Å². The molecular weight excluding hydrogens is 392 g/mol. The molecular formula is C25H32N2O4. The summed E-state index contributed by atoms with van der Waals surface area (Å²) in [5.41, 5.74) is 4.71. The minimum Gasteiger partial charge on any atom is -0.481 e. The molecule has 0 aromatic rings. The average Bonchev–Trinajstić information content (AvgIpc) is 3.03. The first kappa shape index (κ1) is 21.8. The van der Waals surface area contributed by atoms with Crippen LogP contribution in [-0.4, -0.2) is 22.8 Å². The van der Waals surface area contributed by atoms with Crippen LogP contribution >= 0.6 is 0 Å². The van der Waals surface area contributed by atoms with Crippen LogP contribution in [0.2, 0.25) is 0 Å². The minimum atomic E-state index is -0.780. The fourth-order valence-electron chi connectivity index (χ4n) is 7.10. The van der Waals surface area contributed by atoms with E-state index in [-0.39, 0.29) is 17.8 Å². The number of nitriles is 1. The van der Waals surface area contributed by atoms with Crippen LogP contribution in [0.3, 0.4) is 0 Å². The lowest BCUT2D eigenvalue weighted by Crippen LogP contribution is -2.46. The second-order valence-electron chi connectivity index (χ2n) is 9.97. The topological polar surface area (TPSA) is 99.8 Å². The predicted molar refractivity (Wildman–Crippen MR) is 116 cm³/mol. The molecule has 6 heteroatoms. The quantitative estimate of drug-likeness (QED) is 0.476. The molecule has 4 rings (SSSR count). The first-order valence-electron chi connectivity index (χ1n) is 11.6. The third-order valence-electron chi connectivity index (χ3n) is 8.74. The van der Waals surface area contributed by atoms with Crippen LogP contribution in [0.25, 0.3) is 0 Å². The van der Waals surface area contributed by atoms with Gasteiger partial charge in [-0.2, -0.15) is 5.26 Å². The number of allylic oxidation sites excluding steroid dienone is 4. The summed E-state index contributed by atoms with van der Waals surface area (Å²) in [4.78, 5) is 28.1. The molecule has 4 aliphatic rings. The Morgan fingerprint density at radius 1 is 1.26 bits per heavy atom. The molecule has 1 N–H and O–H groups in total. The number of nitrogens with zero attached hydrogens (tertiary/aromatic N) is 2. The molecule has 0 bridgehead atoms. The molecule has 4 aliphatic carbocycles. The van der Waals surface area contributed by atoms with Crippen molar-refractivity contribution < 1.29 is 19.5 Å². The van der Waals surface area contributed by atoms with E-state index in [1.807, 2.05) is 0 Å². The van der Waals surface area contributed by atoms with E-state index in [0.717, 1.165) is 57.1 Å². The Balaban J connectivity index is 1.61. The summed E-state index contributed by atoms with van der Waals surface area (Å²) in [7, 11) is 0. The first-order valence-corrected chi connectivity index (χ1v) is 11.6. The van der Waals surface area contributed by atoms with Crippen molar-refractivity contribution in [3.8, 4) is 6.07 Å². The van der Waals surface area contributed by atoms with E-state index in [9.17, 15) is 20.0 Å². The molecule has 31 heavy (non-hydrogen) atoms. The lowest BCUT2D eigenvalue weighted by Gasteiger charge is -2.53. The van der Waals surface area contributed by atoms with Crippen LogP contribution < -0.4 is 0 Å². The summed E-state index contributed by atoms with van der Waals surface area (Å²) < 4.78 is 0. The van der Waals surface area contributed by atoms with Crippen LogP contribution in [-0.2, 0) is 14.4 Å². The normalized spacial score (nSPS) is 35.5. The molecule has 6 nitrogen and oxygen atoms in total. The zero-order chi connectivity index (χ0) is 22.2. The number of aliphatic carboxylic acids is 1. The van der Waals surface area contributed by atoms with E-state index < -0.39 is 11.4 Å². The Hall–Kier alpha value is -2.42.